The van der Waals surface area contributed by atoms with E-state index in [1.54, 1.807) is 5.57 Å². The van der Waals surface area contributed by atoms with Crippen LogP contribution < -0.4 is 0 Å². The van der Waals surface area contributed by atoms with Crippen LogP contribution in [0.4, 0.5) is 0 Å². The van der Waals surface area contributed by atoms with Crippen LogP contribution in [0.5, 0.6) is 0 Å². The number of benzene rings is 5. The van der Waals surface area contributed by atoms with Crippen molar-refractivity contribution in [1.82, 2.24) is 24.3 Å². The van der Waals surface area contributed by atoms with Gasteiger partial charge < -0.3 is 0 Å². The summed E-state index contributed by atoms with van der Waals surface area (Å²) in [7, 11) is 0. The van der Waals surface area contributed by atoms with Gasteiger partial charge in [-0.25, -0.2) is 4.98 Å². The second kappa shape index (κ2) is 11.4. The number of hydrogen-bond donors (Lipinski definition) is 0. The number of allylic oxidation sites excluding steroid dienone is 4. The molecule has 2 aliphatic rings. The van der Waals surface area contributed by atoms with Crippen LogP contribution in [0.1, 0.15) is 37.8 Å². The van der Waals surface area contributed by atoms with Gasteiger partial charge in [0.05, 0.1) is 11.0 Å². The second-order valence-corrected chi connectivity index (χ2v) is 14.1. The Morgan fingerprint density at radius 2 is 1.27 bits per heavy atom. The maximum absolute atomic E-state index is 5.25. The number of nitrogens with zero attached hydrogens (tertiary/aromatic N) is 5. The molecule has 3 aromatic heterocycles. The van der Waals surface area contributed by atoms with E-state index in [-0.39, 0.29) is 5.41 Å². The topological polar surface area (TPSA) is 48.5 Å². The third-order valence-corrected chi connectivity index (χ3v) is 10.8. The van der Waals surface area contributed by atoms with E-state index in [1.165, 1.54) is 33.0 Å². The highest BCUT2D eigenvalue weighted by Gasteiger charge is 2.37. The molecule has 0 atom stereocenters. The van der Waals surface area contributed by atoms with E-state index in [0.717, 1.165) is 58.0 Å². The fourth-order valence-electron chi connectivity index (χ4n) is 8.34. The highest BCUT2D eigenvalue weighted by Crippen LogP contribution is 2.51. The van der Waals surface area contributed by atoms with E-state index >= 15 is 0 Å². The monoisotopic (exact) mass is 657 g/mol. The lowest BCUT2D eigenvalue weighted by molar-refractivity contribution is 0.607. The summed E-state index contributed by atoms with van der Waals surface area (Å²) < 4.78 is 4.37. The van der Waals surface area contributed by atoms with E-state index in [1.807, 2.05) is 12.1 Å². The fraction of sp³-hybridized carbons (Fsp3) is 0.109. The molecule has 51 heavy (non-hydrogen) atoms. The van der Waals surface area contributed by atoms with Gasteiger partial charge in [0, 0.05) is 27.4 Å². The van der Waals surface area contributed by atoms with Crippen molar-refractivity contribution < 1.29 is 0 Å². The van der Waals surface area contributed by atoms with Crippen LogP contribution in [0.2, 0.25) is 0 Å². The Kier molecular flexibility index (Phi) is 6.59. The number of para-hydroxylation sites is 3. The van der Waals surface area contributed by atoms with Crippen LogP contribution in [0.25, 0.3) is 72.9 Å². The van der Waals surface area contributed by atoms with Crippen molar-refractivity contribution in [2.24, 2.45) is 0 Å². The minimum atomic E-state index is 0.0200. The average molecular weight is 658 g/mol. The maximum Gasteiger partial charge on any atom is 0.187 e. The van der Waals surface area contributed by atoms with Crippen molar-refractivity contribution >= 4 is 27.4 Å². The molecule has 0 amide bonds. The third-order valence-electron chi connectivity index (χ3n) is 10.8. The Hall–Kier alpha value is -6.33. The third kappa shape index (κ3) is 4.58. The van der Waals surface area contributed by atoms with Crippen molar-refractivity contribution in [2.75, 3.05) is 0 Å². The molecule has 0 spiro atoms. The molecule has 5 nitrogen and oxygen atoms in total. The predicted octanol–water partition coefficient (Wildman–Crippen LogP) is 11.2. The summed E-state index contributed by atoms with van der Waals surface area (Å²) in [4.78, 5) is 5.25. The fourth-order valence-corrected chi connectivity index (χ4v) is 8.34. The molecular weight excluding hydrogens is 623 g/mol. The molecule has 0 N–H and O–H groups in total. The van der Waals surface area contributed by atoms with Crippen LogP contribution >= 0.6 is 0 Å². The van der Waals surface area contributed by atoms with Gasteiger partial charge in [0.1, 0.15) is 11.5 Å². The Morgan fingerprint density at radius 3 is 2.08 bits per heavy atom. The predicted molar refractivity (Wildman–Crippen MR) is 208 cm³/mol. The summed E-state index contributed by atoms with van der Waals surface area (Å²) >= 11 is 0. The van der Waals surface area contributed by atoms with E-state index in [4.69, 9.17) is 15.2 Å². The van der Waals surface area contributed by atoms with Gasteiger partial charge >= 0.3 is 0 Å². The van der Waals surface area contributed by atoms with E-state index in [0.29, 0.717) is 5.82 Å². The summed E-state index contributed by atoms with van der Waals surface area (Å²) in [6.45, 7) is 4.75. The van der Waals surface area contributed by atoms with Gasteiger partial charge in [-0.15, -0.1) is 10.2 Å². The summed E-state index contributed by atoms with van der Waals surface area (Å²) in [6.07, 6.45) is 6.89. The lowest BCUT2D eigenvalue weighted by Gasteiger charge is -2.26. The molecule has 0 saturated heterocycles. The largest absolute Gasteiger partial charge is 0.294 e. The molecule has 10 rings (SSSR count). The van der Waals surface area contributed by atoms with E-state index in [9.17, 15) is 0 Å². The van der Waals surface area contributed by atoms with Crippen LogP contribution in [0.15, 0.2) is 157 Å². The van der Waals surface area contributed by atoms with Crippen molar-refractivity contribution in [3.63, 3.8) is 0 Å². The molecule has 244 valence electrons. The van der Waals surface area contributed by atoms with Gasteiger partial charge in [-0.05, 0) is 89.2 Å². The summed E-state index contributed by atoms with van der Waals surface area (Å²) in [5.41, 5.74) is 13.1. The highest BCUT2D eigenvalue weighted by atomic mass is 15.3. The van der Waals surface area contributed by atoms with Crippen LogP contribution in [0.3, 0.4) is 0 Å². The summed E-state index contributed by atoms with van der Waals surface area (Å²) in [5, 5.41) is 12.1. The molecule has 0 saturated carbocycles. The SMILES string of the molecule is CC1(C)C2=C(C=CCC2)c2ccc(-c3cccc(-c4nnc(-c5cccc(-n6c7ccccc7c7ccccc76)n5)n4-c4ccccc4)c3)cc21. The molecule has 0 fully saturated rings. The van der Waals surface area contributed by atoms with Gasteiger partial charge in [-0.1, -0.05) is 123 Å². The molecule has 3 heterocycles. The number of hydrogen-bond acceptors (Lipinski definition) is 3. The summed E-state index contributed by atoms with van der Waals surface area (Å²) in [6, 6.07) is 49.2. The normalized spacial score (nSPS) is 14.7. The van der Waals surface area contributed by atoms with Crippen LogP contribution in [-0.4, -0.2) is 24.3 Å². The minimum Gasteiger partial charge on any atom is -0.294 e. The quantitative estimate of drug-likeness (QED) is 0.185. The van der Waals surface area contributed by atoms with Crippen molar-refractivity contribution in [3.05, 3.63) is 168 Å². The maximum atomic E-state index is 5.25. The summed E-state index contributed by atoms with van der Waals surface area (Å²) in [5.74, 6) is 2.29. The van der Waals surface area contributed by atoms with Crippen molar-refractivity contribution in [3.8, 4) is 45.5 Å². The molecule has 0 radical (unpaired) electrons. The zero-order chi connectivity index (χ0) is 34.1. The first-order valence-electron chi connectivity index (χ1n) is 17.7. The van der Waals surface area contributed by atoms with E-state index < -0.39 is 0 Å². The smallest absolute Gasteiger partial charge is 0.187 e. The van der Waals surface area contributed by atoms with Gasteiger partial charge in [-0.2, -0.15) is 0 Å². The first-order chi connectivity index (χ1) is 25.1. The Bertz CT molecular complexity index is 2670. The standard InChI is InChI=1S/C46H35N5/c1-46(2)38-21-9-6-18-34(38)35-27-26-31(29-39(35)46)30-14-12-15-32(28-30)44-48-49-45(50(44)33-16-4-3-5-17-33)40-22-13-25-43(47-40)51-41-23-10-7-19-36(41)37-20-8-11-24-42(37)51/h3-8,10-20,22-29H,9,21H2,1-2H3. The van der Waals surface area contributed by atoms with Gasteiger partial charge in [-0.3, -0.25) is 9.13 Å². The zero-order valence-corrected chi connectivity index (χ0v) is 28.6. The Balaban J connectivity index is 1.09. The molecule has 5 heteroatoms. The second-order valence-electron chi connectivity index (χ2n) is 14.1. The van der Waals surface area contributed by atoms with Crippen LogP contribution in [0, 0.1) is 0 Å². The van der Waals surface area contributed by atoms with Gasteiger partial charge in [0.15, 0.2) is 11.6 Å². The van der Waals surface area contributed by atoms with Crippen molar-refractivity contribution in [1.29, 1.82) is 0 Å². The molecule has 8 aromatic rings. The number of pyridine rings is 1. The van der Waals surface area contributed by atoms with Crippen molar-refractivity contribution in [2.45, 2.75) is 32.1 Å². The molecule has 5 aromatic carbocycles. The first-order valence-corrected chi connectivity index (χ1v) is 17.7. The first kappa shape index (κ1) is 29.6. The average Bonchev–Trinajstić information content (AvgIpc) is 3.85. The molecule has 0 aliphatic heterocycles. The zero-order valence-electron chi connectivity index (χ0n) is 28.6. The van der Waals surface area contributed by atoms with Crippen LogP contribution in [-0.2, 0) is 5.41 Å². The Morgan fingerprint density at radius 1 is 0.588 bits per heavy atom. The molecule has 0 bridgehead atoms. The lowest BCUT2D eigenvalue weighted by Crippen LogP contribution is -2.17. The Labute approximate surface area is 296 Å². The number of aromatic nitrogens is 5. The minimum absolute atomic E-state index is 0.0200. The highest BCUT2D eigenvalue weighted by molar-refractivity contribution is 6.09. The van der Waals surface area contributed by atoms with Gasteiger partial charge in [0.25, 0.3) is 0 Å². The molecule has 0 unspecified atom stereocenters. The molecular formula is C46H35N5. The molecule has 2 aliphatic carbocycles. The lowest BCUT2D eigenvalue weighted by atomic mass is 9.78. The van der Waals surface area contributed by atoms with E-state index in [2.05, 4.69) is 163 Å². The number of fused-ring (bicyclic) bond motifs is 5. The van der Waals surface area contributed by atoms with Gasteiger partial charge in [0.2, 0.25) is 0 Å². The number of rotatable bonds is 5.